The Labute approximate surface area is 273 Å². The summed E-state index contributed by atoms with van der Waals surface area (Å²) >= 11 is 0. The molecule has 8 bridgehead atoms. The van der Waals surface area contributed by atoms with Crippen LogP contribution in [0.15, 0.2) is 72.8 Å². The number of para-hydroxylation sites is 2. The fourth-order valence-electron chi connectivity index (χ4n) is 13.0. The number of hydrogen-bond donors (Lipinski definition) is 0. The zero-order chi connectivity index (χ0) is 30.4. The van der Waals surface area contributed by atoms with Gasteiger partial charge in [0, 0.05) is 27.5 Å². The van der Waals surface area contributed by atoms with E-state index < -0.39 is 0 Å². The highest BCUT2D eigenvalue weighted by molar-refractivity contribution is 5.86. The second kappa shape index (κ2) is 8.88. The monoisotopic (exact) mass is 604 g/mol. The van der Waals surface area contributed by atoms with Crippen LogP contribution in [-0.2, 0) is 16.2 Å². The van der Waals surface area contributed by atoms with Crippen LogP contribution in [0.5, 0.6) is 0 Å². The summed E-state index contributed by atoms with van der Waals surface area (Å²) in [6.45, 7) is 4.71. The molecule has 2 heterocycles. The Morgan fingerprint density at radius 2 is 1.00 bits per heavy atom. The standard InChI is InChI=1S/C42H44N4/c1-40(2)33-7-3-5-9-35(33)46(36-10-6-4-8-34(36)40)32-13-11-29(12-14-32)37-43-38(41-21-25-15-26(22-41)18-30(41)17-25)45-39(44-37)42-23-27-16-28(24-42)20-31(42)19-27/h3-14,25-28,30-31H,15-24H2,1-2H3. The van der Waals surface area contributed by atoms with E-state index in [1.165, 1.54) is 104 Å². The highest BCUT2D eigenvalue weighted by Gasteiger charge is 2.62. The predicted molar refractivity (Wildman–Crippen MR) is 183 cm³/mol. The van der Waals surface area contributed by atoms with E-state index in [-0.39, 0.29) is 16.2 Å². The van der Waals surface area contributed by atoms with Gasteiger partial charge in [0.05, 0.1) is 11.4 Å². The molecule has 8 fully saturated rings. The molecule has 8 aliphatic carbocycles. The van der Waals surface area contributed by atoms with E-state index in [1.54, 1.807) is 0 Å². The summed E-state index contributed by atoms with van der Waals surface area (Å²) in [5.41, 5.74) is 7.91. The molecule has 46 heavy (non-hydrogen) atoms. The van der Waals surface area contributed by atoms with Gasteiger partial charge in [-0.2, -0.15) is 0 Å². The lowest BCUT2D eigenvalue weighted by Crippen LogP contribution is -2.35. The number of nitrogens with zero attached hydrogens (tertiary/aromatic N) is 4. The van der Waals surface area contributed by atoms with Crippen LogP contribution in [0.1, 0.15) is 101 Å². The topological polar surface area (TPSA) is 41.9 Å². The molecule has 4 heteroatoms. The fraction of sp³-hybridized carbons (Fsp3) is 0.500. The average molecular weight is 605 g/mol. The molecular weight excluding hydrogens is 560 g/mol. The first-order chi connectivity index (χ1) is 22.4. The molecule has 0 N–H and O–H groups in total. The summed E-state index contributed by atoms with van der Waals surface area (Å²) in [4.78, 5) is 19.0. The minimum atomic E-state index is -0.0575. The minimum Gasteiger partial charge on any atom is -0.310 e. The molecular formula is C42H44N4. The summed E-state index contributed by atoms with van der Waals surface area (Å²) < 4.78 is 0. The second-order valence-corrected chi connectivity index (χ2v) is 17.2. The van der Waals surface area contributed by atoms with Crippen molar-refractivity contribution in [2.45, 2.75) is 94.3 Å². The zero-order valence-electron chi connectivity index (χ0n) is 27.3. The Hall–Kier alpha value is -3.53. The number of hydrogen-bond acceptors (Lipinski definition) is 4. The molecule has 3 aromatic carbocycles. The van der Waals surface area contributed by atoms with Gasteiger partial charge in [0.2, 0.25) is 0 Å². The van der Waals surface area contributed by atoms with Crippen molar-refractivity contribution in [2.24, 2.45) is 35.5 Å². The number of aromatic nitrogens is 3. The fourth-order valence-corrected chi connectivity index (χ4v) is 13.0. The molecule has 232 valence electrons. The molecule has 0 amide bonds. The largest absolute Gasteiger partial charge is 0.310 e. The van der Waals surface area contributed by atoms with E-state index in [2.05, 4.69) is 91.5 Å². The highest BCUT2D eigenvalue weighted by atomic mass is 15.2. The van der Waals surface area contributed by atoms with E-state index in [0.29, 0.717) is 0 Å². The van der Waals surface area contributed by atoms with E-state index in [1.807, 2.05) is 0 Å². The summed E-state index contributed by atoms with van der Waals surface area (Å²) in [7, 11) is 0. The molecule has 1 aromatic heterocycles. The number of rotatable bonds is 4. The van der Waals surface area contributed by atoms with Crippen molar-refractivity contribution in [3.05, 3.63) is 95.6 Å². The second-order valence-electron chi connectivity index (χ2n) is 17.2. The zero-order valence-corrected chi connectivity index (χ0v) is 27.3. The minimum absolute atomic E-state index is 0.0575. The SMILES string of the molecule is CC1(C)c2ccccc2N(c2ccc(-c3nc(C45CC6CC(CC4C6)C5)nc(C45CC6CC(CC4C6)C5)n3)cc2)c2ccccc21. The molecule has 4 unspecified atom stereocenters. The molecule has 0 spiro atoms. The maximum Gasteiger partial charge on any atom is 0.163 e. The normalized spacial score (nSPS) is 36.8. The van der Waals surface area contributed by atoms with Crippen molar-refractivity contribution >= 4 is 17.1 Å². The van der Waals surface area contributed by atoms with Gasteiger partial charge >= 0.3 is 0 Å². The molecule has 4 atom stereocenters. The van der Waals surface area contributed by atoms with Gasteiger partial charge in [-0.25, -0.2) is 15.0 Å². The molecule has 4 nitrogen and oxygen atoms in total. The third-order valence-electron chi connectivity index (χ3n) is 14.5. The molecule has 0 saturated heterocycles. The maximum absolute atomic E-state index is 5.62. The van der Waals surface area contributed by atoms with E-state index in [0.717, 1.165) is 46.9 Å². The van der Waals surface area contributed by atoms with Crippen LogP contribution in [0.2, 0.25) is 0 Å². The van der Waals surface area contributed by atoms with Crippen LogP contribution in [0.3, 0.4) is 0 Å². The molecule has 9 aliphatic rings. The third kappa shape index (κ3) is 3.39. The van der Waals surface area contributed by atoms with Crippen LogP contribution in [-0.4, -0.2) is 15.0 Å². The first-order valence-electron chi connectivity index (χ1n) is 18.3. The van der Waals surface area contributed by atoms with Crippen LogP contribution >= 0.6 is 0 Å². The average Bonchev–Trinajstić information content (AvgIpc) is 3.68. The van der Waals surface area contributed by atoms with Gasteiger partial charge in [0.25, 0.3) is 0 Å². The van der Waals surface area contributed by atoms with Gasteiger partial charge < -0.3 is 4.90 Å². The Bertz CT molecular complexity index is 1770. The van der Waals surface area contributed by atoms with Gasteiger partial charge in [-0.05, 0) is 147 Å². The van der Waals surface area contributed by atoms with Crippen molar-refractivity contribution in [2.75, 3.05) is 4.90 Å². The Morgan fingerprint density at radius 3 is 1.48 bits per heavy atom. The van der Waals surface area contributed by atoms with Crippen molar-refractivity contribution in [1.29, 1.82) is 0 Å². The Kier molecular flexibility index (Phi) is 5.12. The summed E-state index contributed by atoms with van der Waals surface area (Å²) in [5.74, 6) is 8.37. The number of fused-ring (bicyclic) bond motifs is 2. The smallest absolute Gasteiger partial charge is 0.163 e. The predicted octanol–water partition coefficient (Wildman–Crippen LogP) is 9.80. The molecule has 8 saturated carbocycles. The lowest BCUT2D eigenvalue weighted by molar-refractivity contribution is 0.252. The summed E-state index contributed by atoms with van der Waals surface area (Å²) in [6, 6.07) is 27.0. The molecule has 0 radical (unpaired) electrons. The van der Waals surface area contributed by atoms with Crippen LogP contribution in [0.4, 0.5) is 17.1 Å². The first kappa shape index (κ1) is 26.5. The van der Waals surface area contributed by atoms with Gasteiger partial charge in [-0.1, -0.05) is 50.2 Å². The van der Waals surface area contributed by atoms with Crippen molar-refractivity contribution < 1.29 is 0 Å². The number of benzene rings is 3. The molecule has 1 aliphatic heterocycles. The van der Waals surface area contributed by atoms with E-state index in [4.69, 9.17) is 15.0 Å². The molecule has 4 aromatic rings. The van der Waals surface area contributed by atoms with Gasteiger partial charge in [0.15, 0.2) is 5.82 Å². The number of anilines is 3. The van der Waals surface area contributed by atoms with Gasteiger partial charge in [0.1, 0.15) is 11.6 Å². The summed E-state index contributed by atoms with van der Waals surface area (Å²) in [6.07, 6.45) is 13.7. The van der Waals surface area contributed by atoms with Crippen molar-refractivity contribution in [3.63, 3.8) is 0 Å². The lowest BCUT2D eigenvalue weighted by Gasteiger charge is -2.42. The third-order valence-corrected chi connectivity index (χ3v) is 14.5. The van der Waals surface area contributed by atoms with Crippen molar-refractivity contribution in [3.8, 4) is 11.4 Å². The van der Waals surface area contributed by atoms with E-state index in [9.17, 15) is 0 Å². The molecule has 13 rings (SSSR count). The van der Waals surface area contributed by atoms with Crippen LogP contribution in [0.25, 0.3) is 11.4 Å². The van der Waals surface area contributed by atoms with Crippen molar-refractivity contribution in [1.82, 2.24) is 15.0 Å². The van der Waals surface area contributed by atoms with Gasteiger partial charge in [-0.3, -0.25) is 0 Å². The van der Waals surface area contributed by atoms with Crippen LogP contribution in [0, 0.1) is 35.5 Å². The van der Waals surface area contributed by atoms with Gasteiger partial charge in [-0.15, -0.1) is 0 Å². The first-order valence-corrected chi connectivity index (χ1v) is 18.3. The Balaban J connectivity index is 1.04. The Morgan fingerprint density at radius 1 is 0.543 bits per heavy atom. The van der Waals surface area contributed by atoms with E-state index >= 15 is 0 Å². The summed E-state index contributed by atoms with van der Waals surface area (Å²) in [5, 5.41) is 0. The quantitative estimate of drug-likeness (QED) is 0.233. The van der Waals surface area contributed by atoms with Crippen LogP contribution < -0.4 is 4.90 Å². The highest BCUT2D eigenvalue weighted by Crippen LogP contribution is 2.67. The lowest BCUT2D eigenvalue weighted by atomic mass is 9.73. The maximum atomic E-state index is 5.62.